The Morgan fingerprint density at radius 1 is 0.477 bits per heavy atom. The Morgan fingerprint density at radius 2 is 0.841 bits per heavy atom. The fourth-order valence-electron chi connectivity index (χ4n) is 10.4. The SMILES string of the molecule is CCc1ccccc1N1CC2CN(c3c(CC)cccc3CC)CC(C)C23C(C)CN(c2c(CC)cccc2CC)CC3C1. The lowest BCUT2D eigenvalue weighted by atomic mass is 9.49. The molecule has 0 bridgehead atoms. The summed E-state index contributed by atoms with van der Waals surface area (Å²) in [6.07, 6.45) is 5.50. The summed E-state index contributed by atoms with van der Waals surface area (Å²) in [6, 6.07) is 23.4. The molecule has 0 amide bonds. The largest absolute Gasteiger partial charge is 0.371 e. The van der Waals surface area contributed by atoms with E-state index in [9.17, 15) is 0 Å². The molecule has 4 unspecified atom stereocenters. The number of benzene rings is 3. The molecule has 0 aliphatic carbocycles. The van der Waals surface area contributed by atoms with Crippen molar-refractivity contribution in [3.05, 3.63) is 88.5 Å². The molecule has 0 saturated carbocycles. The maximum absolute atomic E-state index is 2.84. The van der Waals surface area contributed by atoms with E-state index in [0.717, 1.165) is 32.1 Å². The number of hydrogen-bond acceptors (Lipinski definition) is 3. The van der Waals surface area contributed by atoms with E-state index in [2.05, 4.69) is 124 Å². The Kier molecular flexibility index (Phi) is 9.05. The molecule has 0 aromatic heterocycles. The molecule has 0 N–H and O–H groups in total. The first-order valence-corrected chi connectivity index (χ1v) is 17.9. The maximum Gasteiger partial charge on any atom is 0.0431 e. The Hall–Kier alpha value is -2.94. The monoisotopic (exact) mass is 591 g/mol. The molecule has 3 aromatic rings. The number of piperidine rings is 3. The molecular formula is C41H57N3. The summed E-state index contributed by atoms with van der Waals surface area (Å²) in [5.74, 6) is 2.56. The fourth-order valence-corrected chi connectivity index (χ4v) is 10.4. The lowest BCUT2D eigenvalue weighted by molar-refractivity contribution is -0.0773. The smallest absolute Gasteiger partial charge is 0.0431 e. The van der Waals surface area contributed by atoms with Gasteiger partial charge in [0, 0.05) is 68.2 Å². The van der Waals surface area contributed by atoms with Gasteiger partial charge in [-0.25, -0.2) is 0 Å². The molecule has 3 heteroatoms. The number of rotatable bonds is 8. The van der Waals surface area contributed by atoms with Gasteiger partial charge in [-0.3, -0.25) is 0 Å². The fraction of sp³-hybridized carbons (Fsp3) is 0.561. The minimum Gasteiger partial charge on any atom is -0.371 e. The molecular weight excluding hydrogens is 534 g/mol. The molecule has 3 aliphatic heterocycles. The average Bonchev–Trinajstić information content (AvgIpc) is 3.06. The van der Waals surface area contributed by atoms with Gasteiger partial charge < -0.3 is 14.7 Å². The van der Waals surface area contributed by atoms with Gasteiger partial charge in [0.05, 0.1) is 0 Å². The first kappa shape index (κ1) is 31.1. The second-order valence-corrected chi connectivity index (χ2v) is 14.2. The second-order valence-electron chi connectivity index (χ2n) is 14.2. The van der Waals surface area contributed by atoms with Crippen molar-refractivity contribution in [2.45, 2.75) is 80.6 Å². The van der Waals surface area contributed by atoms with E-state index < -0.39 is 0 Å². The van der Waals surface area contributed by atoms with Crippen LogP contribution in [0.4, 0.5) is 17.1 Å². The molecule has 3 heterocycles. The third-order valence-electron chi connectivity index (χ3n) is 12.1. The van der Waals surface area contributed by atoms with Crippen LogP contribution in [0.25, 0.3) is 0 Å². The van der Waals surface area contributed by atoms with E-state index >= 15 is 0 Å². The van der Waals surface area contributed by atoms with Gasteiger partial charge in [-0.2, -0.15) is 0 Å². The average molecular weight is 592 g/mol. The van der Waals surface area contributed by atoms with Gasteiger partial charge >= 0.3 is 0 Å². The van der Waals surface area contributed by atoms with Crippen molar-refractivity contribution in [2.75, 3.05) is 54.0 Å². The lowest BCUT2D eigenvalue weighted by Crippen LogP contribution is -2.71. The zero-order valence-corrected chi connectivity index (χ0v) is 28.7. The summed E-state index contributed by atoms with van der Waals surface area (Å²) in [4.78, 5) is 8.49. The van der Waals surface area contributed by atoms with Crippen LogP contribution in [0.3, 0.4) is 0 Å². The quantitative estimate of drug-likeness (QED) is 0.259. The zero-order chi connectivity index (χ0) is 31.0. The van der Waals surface area contributed by atoms with Crippen LogP contribution in [0.1, 0.15) is 76.3 Å². The van der Waals surface area contributed by atoms with Crippen molar-refractivity contribution in [1.82, 2.24) is 0 Å². The van der Waals surface area contributed by atoms with Gasteiger partial charge in [0.25, 0.3) is 0 Å². The molecule has 3 nitrogen and oxygen atoms in total. The van der Waals surface area contributed by atoms with Crippen LogP contribution in [0, 0.1) is 29.1 Å². The number of hydrogen-bond donors (Lipinski definition) is 0. The molecule has 3 aliphatic rings. The standard InChI is InChI=1S/C41H57N3/c1-8-31-17-13-14-22-38(31)42-25-36-27-43(39-32(9-2)18-15-19-33(39)10-3)23-29(6)41(36)30(7)24-44(28-37(41)26-42)40-34(11-4)20-16-21-35(40)12-5/h13-22,29-30,36-37H,8-12,23-28H2,1-7H3. The van der Waals surface area contributed by atoms with E-state index in [1.54, 1.807) is 11.4 Å². The van der Waals surface area contributed by atoms with Crippen LogP contribution in [0.5, 0.6) is 0 Å². The first-order chi connectivity index (χ1) is 21.4. The zero-order valence-electron chi connectivity index (χ0n) is 28.7. The number of nitrogens with zero attached hydrogens (tertiary/aromatic N) is 3. The summed E-state index contributed by atoms with van der Waals surface area (Å²) in [6.45, 7) is 24.0. The maximum atomic E-state index is 2.84. The third kappa shape index (κ3) is 5.03. The topological polar surface area (TPSA) is 9.72 Å². The van der Waals surface area contributed by atoms with Crippen molar-refractivity contribution >= 4 is 17.1 Å². The van der Waals surface area contributed by atoms with E-state index in [1.165, 1.54) is 72.8 Å². The van der Waals surface area contributed by atoms with Crippen LogP contribution in [-0.2, 0) is 32.1 Å². The molecule has 236 valence electrons. The molecule has 3 aromatic carbocycles. The molecule has 0 radical (unpaired) electrons. The minimum absolute atomic E-state index is 0.353. The van der Waals surface area contributed by atoms with Crippen molar-refractivity contribution in [2.24, 2.45) is 29.1 Å². The van der Waals surface area contributed by atoms with Gasteiger partial charge in [-0.15, -0.1) is 0 Å². The number of aryl methyl sites for hydroxylation is 5. The molecule has 1 spiro atoms. The highest BCUT2D eigenvalue weighted by atomic mass is 15.2. The van der Waals surface area contributed by atoms with Crippen LogP contribution in [-0.4, -0.2) is 39.3 Å². The van der Waals surface area contributed by atoms with E-state index in [0.29, 0.717) is 29.1 Å². The van der Waals surface area contributed by atoms with Gasteiger partial charge in [0.2, 0.25) is 0 Å². The minimum atomic E-state index is 0.353. The Labute approximate surface area is 268 Å². The first-order valence-electron chi connectivity index (χ1n) is 17.9. The third-order valence-corrected chi connectivity index (χ3v) is 12.1. The summed E-state index contributed by atoms with van der Waals surface area (Å²) < 4.78 is 0. The molecule has 44 heavy (non-hydrogen) atoms. The van der Waals surface area contributed by atoms with Crippen LogP contribution < -0.4 is 14.7 Å². The van der Waals surface area contributed by atoms with Crippen molar-refractivity contribution in [1.29, 1.82) is 0 Å². The summed E-state index contributed by atoms with van der Waals surface area (Å²) in [5, 5.41) is 0. The molecule has 6 rings (SSSR count). The molecule has 3 fully saturated rings. The van der Waals surface area contributed by atoms with Crippen LogP contribution in [0.2, 0.25) is 0 Å². The van der Waals surface area contributed by atoms with Gasteiger partial charge in [0.15, 0.2) is 0 Å². The van der Waals surface area contributed by atoms with E-state index in [1.807, 2.05) is 0 Å². The molecule has 4 atom stereocenters. The Morgan fingerprint density at radius 3 is 1.25 bits per heavy atom. The van der Waals surface area contributed by atoms with Crippen LogP contribution >= 0.6 is 0 Å². The highest BCUT2D eigenvalue weighted by Crippen LogP contribution is 2.58. The Balaban J connectivity index is 1.44. The van der Waals surface area contributed by atoms with Crippen molar-refractivity contribution in [3.63, 3.8) is 0 Å². The highest BCUT2D eigenvalue weighted by molar-refractivity contribution is 5.63. The van der Waals surface area contributed by atoms with Crippen LogP contribution in [0.15, 0.2) is 60.7 Å². The summed E-state index contributed by atoms with van der Waals surface area (Å²) >= 11 is 0. The summed E-state index contributed by atoms with van der Waals surface area (Å²) in [7, 11) is 0. The summed E-state index contributed by atoms with van der Waals surface area (Å²) in [5.41, 5.74) is 12.5. The van der Waals surface area contributed by atoms with Crippen molar-refractivity contribution in [3.8, 4) is 0 Å². The predicted octanol–water partition coefficient (Wildman–Crippen LogP) is 8.85. The number of anilines is 3. The normalized spacial score (nSPS) is 26.8. The second kappa shape index (κ2) is 12.8. The number of para-hydroxylation sites is 3. The van der Waals surface area contributed by atoms with E-state index in [4.69, 9.17) is 0 Å². The lowest BCUT2D eigenvalue weighted by Gasteiger charge is -2.66. The van der Waals surface area contributed by atoms with E-state index in [-0.39, 0.29) is 0 Å². The highest BCUT2D eigenvalue weighted by Gasteiger charge is 2.60. The predicted molar refractivity (Wildman–Crippen MR) is 191 cm³/mol. The van der Waals surface area contributed by atoms with Crippen molar-refractivity contribution < 1.29 is 0 Å². The molecule has 3 saturated heterocycles. The Bertz CT molecular complexity index is 1310. The van der Waals surface area contributed by atoms with Gasteiger partial charge in [-0.05, 0) is 83.2 Å². The van der Waals surface area contributed by atoms with Gasteiger partial charge in [0.1, 0.15) is 0 Å². The van der Waals surface area contributed by atoms with Gasteiger partial charge in [-0.1, -0.05) is 103 Å².